The lowest BCUT2D eigenvalue weighted by atomic mass is 10.1. The first-order valence-corrected chi connectivity index (χ1v) is 8.91. The predicted molar refractivity (Wildman–Crippen MR) is 99.7 cm³/mol. The van der Waals surface area contributed by atoms with Crippen molar-refractivity contribution in [1.82, 2.24) is 10.2 Å². The van der Waals surface area contributed by atoms with Gasteiger partial charge < -0.3 is 9.73 Å². The molecule has 1 aromatic heterocycles. The number of hydrogen-bond acceptors (Lipinski definition) is 5. The van der Waals surface area contributed by atoms with Crippen LogP contribution in [0.4, 0.5) is 5.69 Å². The van der Waals surface area contributed by atoms with Crippen molar-refractivity contribution in [2.45, 2.75) is 26.0 Å². The largest absolute Gasteiger partial charge is 0.411 e. The summed E-state index contributed by atoms with van der Waals surface area (Å²) in [4.78, 5) is 12.1. The maximum atomic E-state index is 12.1. The Kier molecular flexibility index (Phi) is 5.19. The fourth-order valence-electron chi connectivity index (χ4n) is 2.28. The average Bonchev–Trinajstić information content (AvgIpc) is 3.07. The number of benzene rings is 2. The molecule has 0 aliphatic carbocycles. The third kappa shape index (κ3) is 4.28. The van der Waals surface area contributed by atoms with Crippen molar-refractivity contribution >= 4 is 23.4 Å². The van der Waals surface area contributed by atoms with Crippen molar-refractivity contribution in [1.29, 1.82) is 0 Å². The highest BCUT2D eigenvalue weighted by molar-refractivity contribution is 7.99. The Morgan fingerprint density at radius 2 is 1.84 bits per heavy atom. The van der Waals surface area contributed by atoms with Crippen LogP contribution in [0.3, 0.4) is 0 Å². The standard InChI is InChI=1S/C19H19N3O2S/c1-12-7-9-15(10-8-12)18-21-22-19(24-18)25-11-17(23)20-16-6-4-5-13(2)14(16)3/h4-10H,11H2,1-3H3,(H,20,23). The van der Waals surface area contributed by atoms with Crippen LogP contribution in [-0.2, 0) is 4.79 Å². The number of nitrogens with one attached hydrogen (secondary N) is 1. The van der Waals surface area contributed by atoms with E-state index in [1.54, 1.807) is 0 Å². The average molecular weight is 353 g/mol. The molecular weight excluding hydrogens is 334 g/mol. The van der Waals surface area contributed by atoms with Gasteiger partial charge in [-0.2, -0.15) is 0 Å². The van der Waals surface area contributed by atoms with Crippen molar-refractivity contribution in [3.63, 3.8) is 0 Å². The van der Waals surface area contributed by atoms with Crippen LogP contribution in [0.15, 0.2) is 52.1 Å². The Morgan fingerprint density at radius 3 is 2.60 bits per heavy atom. The van der Waals surface area contributed by atoms with E-state index in [4.69, 9.17) is 4.42 Å². The van der Waals surface area contributed by atoms with E-state index >= 15 is 0 Å². The molecule has 5 nitrogen and oxygen atoms in total. The van der Waals surface area contributed by atoms with Crippen molar-refractivity contribution in [2.24, 2.45) is 0 Å². The number of nitrogens with zero attached hydrogens (tertiary/aromatic N) is 2. The molecule has 0 fully saturated rings. The van der Waals surface area contributed by atoms with Gasteiger partial charge in [0.1, 0.15) is 0 Å². The van der Waals surface area contributed by atoms with Gasteiger partial charge in [0, 0.05) is 11.3 Å². The van der Waals surface area contributed by atoms with E-state index in [0.717, 1.165) is 22.4 Å². The highest BCUT2D eigenvalue weighted by atomic mass is 32.2. The summed E-state index contributed by atoms with van der Waals surface area (Å²) in [6.07, 6.45) is 0. The maximum absolute atomic E-state index is 12.1. The zero-order valence-electron chi connectivity index (χ0n) is 14.4. The number of rotatable bonds is 5. The van der Waals surface area contributed by atoms with Crippen LogP contribution in [0.25, 0.3) is 11.5 Å². The van der Waals surface area contributed by atoms with Crippen LogP contribution in [0, 0.1) is 20.8 Å². The first-order chi connectivity index (χ1) is 12.0. The van der Waals surface area contributed by atoms with Gasteiger partial charge in [-0.15, -0.1) is 10.2 Å². The molecule has 1 heterocycles. The molecule has 0 unspecified atom stereocenters. The molecule has 3 rings (SSSR count). The molecule has 1 N–H and O–H groups in total. The van der Waals surface area contributed by atoms with E-state index in [2.05, 4.69) is 15.5 Å². The number of carbonyl (C=O) groups excluding carboxylic acids is 1. The number of aryl methyl sites for hydroxylation is 2. The minimum absolute atomic E-state index is 0.103. The molecule has 0 aliphatic heterocycles. The molecule has 128 valence electrons. The Hall–Kier alpha value is -2.60. The molecule has 0 radical (unpaired) electrons. The first kappa shape index (κ1) is 17.2. The topological polar surface area (TPSA) is 68.0 Å². The maximum Gasteiger partial charge on any atom is 0.277 e. The second kappa shape index (κ2) is 7.53. The molecule has 0 saturated carbocycles. The van der Waals surface area contributed by atoms with E-state index in [0.29, 0.717) is 11.1 Å². The minimum Gasteiger partial charge on any atom is -0.411 e. The molecule has 3 aromatic rings. The zero-order valence-corrected chi connectivity index (χ0v) is 15.2. The number of hydrogen-bond donors (Lipinski definition) is 1. The number of thioether (sulfide) groups is 1. The Balaban J connectivity index is 1.59. The molecule has 0 bridgehead atoms. The van der Waals surface area contributed by atoms with Crippen molar-refractivity contribution in [2.75, 3.05) is 11.1 Å². The monoisotopic (exact) mass is 353 g/mol. The molecular formula is C19H19N3O2S. The summed E-state index contributed by atoms with van der Waals surface area (Å²) < 4.78 is 5.61. The highest BCUT2D eigenvalue weighted by Gasteiger charge is 2.12. The molecule has 1 amide bonds. The number of carbonyl (C=O) groups is 1. The van der Waals surface area contributed by atoms with Crippen molar-refractivity contribution in [3.8, 4) is 11.5 Å². The van der Waals surface area contributed by atoms with Crippen LogP contribution in [0.1, 0.15) is 16.7 Å². The van der Waals surface area contributed by atoms with Gasteiger partial charge in [0.2, 0.25) is 11.8 Å². The molecule has 2 aromatic carbocycles. The third-order valence-corrected chi connectivity index (χ3v) is 4.73. The summed E-state index contributed by atoms with van der Waals surface area (Å²) in [7, 11) is 0. The Labute approximate surface area is 150 Å². The van der Waals surface area contributed by atoms with Gasteiger partial charge in [0.15, 0.2) is 0 Å². The Morgan fingerprint density at radius 1 is 1.08 bits per heavy atom. The summed E-state index contributed by atoms with van der Waals surface area (Å²) in [5.74, 6) is 0.564. The SMILES string of the molecule is Cc1ccc(-c2nnc(SCC(=O)Nc3cccc(C)c3C)o2)cc1. The van der Waals surface area contributed by atoms with Crippen LogP contribution in [-0.4, -0.2) is 21.9 Å². The fourth-order valence-corrected chi connectivity index (χ4v) is 2.84. The van der Waals surface area contributed by atoms with Gasteiger partial charge in [-0.25, -0.2) is 0 Å². The summed E-state index contributed by atoms with van der Waals surface area (Å²) in [5.41, 5.74) is 5.08. The quantitative estimate of drug-likeness (QED) is 0.689. The van der Waals surface area contributed by atoms with E-state index in [-0.39, 0.29) is 11.7 Å². The van der Waals surface area contributed by atoms with Crippen LogP contribution in [0.2, 0.25) is 0 Å². The Bertz CT molecular complexity index is 888. The summed E-state index contributed by atoms with van der Waals surface area (Å²) in [5, 5.41) is 11.3. The second-order valence-electron chi connectivity index (χ2n) is 5.82. The predicted octanol–water partition coefficient (Wildman–Crippen LogP) is 4.39. The summed E-state index contributed by atoms with van der Waals surface area (Å²) in [6.45, 7) is 6.03. The van der Waals surface area contributed by atoms with Gasteiger partial charge >= 0.3 is 0 Å². The van der Waals surface area contributed by atoms with Crippen molar-refractivity contribution in [3.05, 3.63) is 59.2 Å². The minimum atomic E-state index is -0.103. The first-order valence-electron chi connectivity index (χ1n) is 7.92. The van der Waals surface area contributed by atoms with E-state index in [1.165, 1.54) is 17.3 Å². The lowest BCUT2D eigenvalue weighted by Crippen LogP contribution is -2.15. The van der Waals surface area contributed by atoms with Crippen molar-refractivity contribution < 1.29 is 9.21 Å². The fraction of sp³-hybridized carbons (Fsp3) is 0.211. The molecule has 25 heavy (non-hydrogen) atoms. The van der Waals surface area contributed by atoms with E-state index in [1.807, 2.05) is 63.2 Å². The molecule has 0 aliphatic rings. The second-order valence-corrected chi connectivity index (χ2v) is 6.75. The summed E-state index contributed by atoms with van der Waals surface area (Å²) >= 11 is 1.22. The van der Waals surface area contributed by atoms with E-state index in [9.17, 15) is 4.79 Å². The normalized spacial score (nSPS) is 10.7. The third-order valence-electron chi connectivity index (χ3n) is 3.91. The van der Waals surface area contributed by atoms with Gasteiger partial charge in [0.05, 0.1) is 5.75 Å². The van der Waals surface area contributed by atoms with Gasteiger partial charge in [-0.1, -0.05) is 41.6 Å². The van der Waals surface area contributed by atoms with Crippen LogP contribution < -0.4 is 5.32 Å². The van der Waals surface area contributed by atoms with Crippen LogP contribution in [0.5, 0.6) is 0 Å². The number of amides is 1. The molecule has 0 spiro atoms. The molecule has 6 heteroatoms. The van der Waals surface area contributed by atoms with Gasteiger partial charge in [0.25, 0.3) is 5.22 Å². The van der Waals surface area contributed by atoms with E-state index < -0.39 is 0 Å². The number of aromatic nitrogens is 2. The van der Waals surface area contributed by atoms with Gasteiger partial charge in [-0.05, 0) is 50.1 Å². The summed E-state index contributed by atoms with van der Waals surface area (Å²) in [6, 6.07) is 13.7. The zero-order chi connectivity index (χ0) is 17.8. The smallest absolute Gasteiger partial charge is 0.277 e. The lowest BCUT2D eigenvalue weighted by Gasteiger charge is -2.09. The van der Waals surface area contributed by atoms with Gasteiger partial charge in [-0.3, -0.25) is 4.79 Å². The van der Waals surface area contributed by atoms with Crippen LogP contribution >= 0.6 is 11.8 Å². The lowest BCUT2D eigenvalue weighted by molar-refractivity contribution is -0.113. The molecule has 0 atom stereocenters. The molecule has 0 saturated heterocycles. The number of anilines is 1. The highest BCUT2D eigenvalue weighted by Crippen LogP contribution is 2.24.